The predicted molar refractivity (Wildman–Crippen MR) is 77.2 cm³/mol. The second kappa shape index (κ2) is 7.75. The molecule has 5 nitrogen and oxygen atoms in total. The molecule has 0 radical (unpaired) electrons. The van der Waals surface area contributed by atoms with Crippen LogP contribution in [0.25, 0.3) is 0 Å². The van der Waals surface area contributed by atoms with Crippen molar-refractivity contribution < 1.29 is 19.0 Å². The fraction of sp³-hybridized carbons (Fsp3) is 0.533. The first-order valence-electron chi connectivity index (χ1n) is 6.68. The third-order valence-corrected chi connectivity index (χ3v) is 2.76. The van der Waals surface area contributed by atoms with Crippen LogP contribution in [0.15, 0.2) is 18.2 Å². The van der Waals surface area contributed by atoms with Gasteiger partial charge in [0.15, 0.2) is 11.5 Å². The summed E-state index contributed by atoms with van der Waals surface area (Å²) in [6.45, 7) is 6.10. The van der Waals surface area contributed by atoms with Gasteiger partial charge in [-0.2, -0.15) is 0 Å². The van der Waals surface area contributed by atoms with Gasteiger partial charge >= 0.3 is 5.97 Å². The minimum Gasteiger partial charge on any atom is -0.493 e. The van der Waals surface area contributed by atoms with Crippen molar-refractivity contribution >= 4 is 5.97 Å². The minimum absolute atomic E-state index is 0.150. The Bertz CT molecular complexity index is 445. The van der Waals surface area contributed by atoms with E-state index in [1.54, 1.807) is 33.3 Å². The van der Waals surface area contributed by atoms with Crippen LogP contribution in [0.4, 0.5) is 0 Å². The number of benzene rings is 1. The lowest BCUT2D eigenvalue weighted by atomic mass is 10.1. The Morgan fingerprint density at radius 3 is 2.35 bits per heavy atom. The summed E-state index contributed by atoms with van der Waals surface area (Å²) >= 11 is 0. The molecular weight excluding hydrogens is 258 g/mol. The van der Waals surface area contributed by atoms with E-state index >= 15 is 0 Å². The van der Waals surface area contributed by atoms with Crippen LogP contribution in [0, 0.1) is 0 Å². The van der Waals surface area contributed by atoms with E-state index in [4.69, 9.17) is 14.2 Å². The summed E-state index contributed by atoms with van der Waals surface area (Å²) < 4.78 is 15.6. The number of rotatable bonds is 7. The quantitative estimate of drug-likeness (QED) is 0.777. The third-order valence-electron chi connectivity index (χ3n) is 2.76. The molecule has 1 atom stereocenters. The molecule has 0 spiro atoms. The number of carbonyl (C=O) groups is 1. The summed E-state index contributed by atoms with van der Waals surface area (Å²) in [6.07, 6.45) is 0. The summed E-state index contributed by atoms with van der Waals surface area (Å²) in [4.78, 5) is 12.1. The van der Waals surface area contributed by atoms with Crippen LogP contribution in [-0.4, -0.2) is 32.8 Å². The molecule has 112 valence electrons. The molecule has 0 fully saturated rings. The van der Waals surface area contributed by atoms with Gasteiger partial charge in [0.1, 0.15) is 6.04 Å². The second-order valence-electron chi connectivity index (χ2n) is 4.62. The Labute approximate surface area is 120 Å². The summed E-state index contributed by atoms with van der Waals surface area (Å²) in [5.74, 6) is 0.918. The van der Waals surface area contributed by atoms with Gasteiger partial charge < -0.3 is 14.2 Å². The molecule has 0 saturated heterocycles. The SMILES string of the molecule is CCOC(=O)C(NC(C)C)c1ccc(OC)c(OC)c1. The lowest BCUT2D eigenvalue weighted by Crippen LogP contribution is -2.34. The van der Waals surface area contributed by atoms with Gasteiger partial charge in [-0.15, -0.1) is 0 Å². The van der Waals surface area contributed by atoms with Gasteiger partial charge in [0.05, 0.1) is 20.8 Å². The zero-order chi connectivity index (χ0) is 15.1. The molecule has 0 aliphatic rings. The van der Waals surface area contributed by atoms with E-state index < -0.39 is 6.04 Å². The molecule has 0 heterocycles. The molecule has 5 heteroatoms. The number of hydrogen-bond donors (Lipinski definition) is 1. The van der Waals surface area contributed by atoms with Crippen molar-refractivity contribution in [1.29, 1.82) is 0 Å². The lowest BCUT2D eigenvalue weighted by molar-refractivity contribution is -0.146. The molecule has 0 bridgehead atoms. The Balaban J connectivity index is 3.09. The summed E-state index contributed by atoms with van der Waals surface area (Å²) in [7, 11) is 3.14. The fourth-order valence-corrected chi connectivity index (χ4v) is 1.89. The molecule has 1 N–H and O–H groups in total. The highest BCUT2D eigenvalue weighted by molar-refractivity contribution is 5.78. The number of esters is 1. The smallest absolute Gasteiger partial charge is 0.327 e. The first kappa shape index (κ1) is 16.3. The first-order valence-corrected chi connectivity index (χ1v) is 6.68. The van der Waals surface area contributed by atoms with E-state index in [9.17, 15) is 4.79 Å². The highest BCUT2D eigenvalue weighted by Crippen LogP contribution is 2.30. The van der Waals surface area contributed by atoms with Crippen LogP contribution < -0.4 is 14.8 Å². The van der Waals surface area contributed by atoms with Gasteiger partial charge in [0, 0.05) is 6.04 Å². The van der Waals surface area contributed by atoms with Crippen LogP contribution in [0.1, 0.15) is 32.4 Å². The van der Waals surface area contributed by atoms with Crippen molar-refractivity contribution in [2.45, 2.75) is 32.9 Å². The van der Waals surface area contributed by atoms with Gasteiger partial charge in [-0.3, -0.25) is 5.32 Å². The Kier molecular flexibility index (Phi) is 6.31. The van der Waals surface area contributed by atoms with E-state index in [1.165, 1.54) is 0 Å². The van der Waals surface area contributed by atoms with Crippen LogP contribution in [-0.2, 0) is 9.53 Å². The topological polar surface area (TPSA) is 56.8 Å². The Morgan fingerprint density at radius 1 is 1.20 bits per heavy atom. The van der Waals surface area contributed by atoms with Gasteiger partial charge in [0.2, 0.25) is 0 Å². The monoisotopic (exact) mass is 281 g/mol. The van der Waals surface area contributed by atoms with Crippen molar-refractivity contribution in [3.8, 4) is 11.5 Å². The molecule has 1 rings (SSSR count). The molecular formula is C15H23NO4. The minimum atomic E-state index is -0.519. The molecule has 1 aromatic rings. The van der Waals surface area contributed by atoms with Crippen molar-refractivity contribution in [3.05, 3.63) is 23.8 Å². The van der Waals surface area contributed by atoms with Crippen LogP contribution >= 0.6 is 0 Å². The average molecular weight is 281 g/mol. The molecule has 0 aromatic heterocycles. The van der Waals surface area contributed by atoms with E-state index in [0.29, 0.717) is 18.1 Å². The van der Waals surface area contributed by atoms with Crippen LogP contribution in [0.2, 0.25) is 0 Å². The van der Waals surface area contributed by atoms with Crippen LogP contribution in [0.3, 0.4) is 0 Å². The van der Waals surface area contributed by atoms with E-state index in [0.717, 1.165) is 5.56 Å². The maximum atomic E-state index is 12.1. The van der Waals surface area contributed by atoms with Gasteiger partial charge in [0.25, 0.3) is 0 Å². The van der Waals surface area contributed by atoms with Gasteiger partial charge in [-0.25, -0.2) is 4.79 Å². The lowest BCUT2D eigenvalue weighted by Gasteiger charge is -2.21. The number of hydrogen-bond acceptors (Lipinski definition) is 5. The Hall–Kier alpha value is -1.75. The van der Waals surface area contributed by atoms with Gasteiger partial charge in [-0.1, -0.05) is 6.07 Å². The van der Waals surface area contributed by atoms with E-state index in [-0.39, 0.29) is 12.0 Å². The summed E-state index contributed by atoms with van der Waals surface area (Å²) in [5, 5.41) is 3.20. The maximum absolute atomic E-state index is 12.1. The number of carbonyl (C=O) groups excluding carboxylic acids is 1. The fourth-order valence-electron chi connectivity index (χ4n) is 1.89. The summed E-state index contributed by atoms with van der Waals surface area (Å²) in [5.41, 5.74) is 0.787. The molecule has 1 aromatic carbocycles. The average Bonchev–Trinajstić information content (AvgIpc) is 2.44. The standard InChI is InChI=1S/C15H23NO4/c1-6-20-15(17)14(16-10(2)3)11-7-8-12(18-4)13(9-11)19-5/h7-10,14,16H,6H2,1-5H3. The van der Waals surface area contributed by atoms with Crippen molar-refractivity contribution in [1.82, 2.24) is 5.32 Å². The van der Waals surface area contributed by atoms with Crippen molar-refractivity contribution in [3.63, 3.8) is 0 Å². The van der Waals surface area contributed by atoms with Crippen molar-refractivity contribution in [2.75, 3.05) is 20.8 Å². The zero-order valence-electron chi connectivity index (χ0n) is 12.7. The first-order chi connectivity index (χ1) is 9.53. The number of methoxy groups -OCH3 is 2. The molecule has 0 saturated carbocycles. The largest absolute Gasteiger partial charge is 0.493 e. The van der Waals surface area contributed by atoms with Crippen LogP contribution in [0.5, 0.6) is 11.5 Å². The molecule has 0 aliphatic heterocycles. The predicted octanol–water partition coefficient (Wildman–Crippen LogP) is 2.31. The van der Waals surface area contributed by atoms with Gasteiger partial charge in [-0.05, 0) is 38.5 Å². The van der Waals surface area contributed by atoms with E-state index in [1.807, 2.05) is 19.9 Å². The maximum Gasteiger partial charge on any atom is 0.327 e. The third kappa shape index (κ3) is 4.13. The molecule has 20 heavy (non-hydrogen) atoms. The molecule has 1 unspecified atom stereocenters. The number of nitrogens with one attached hydrogen (secondary N) is 1. The zero-order valence-corrected chi connectivity index (χ0v) is 12.7. The second-order valence-corrected chi connectivity index (χ2v) is 4.62. The molecule has 0 aliphatic carbocycles. The van der Waals surface area contributed by atoms with E-state index in [2.05, 4.69) is 5.32 Å². The summed E-state index contributed by atoms with van der Waals surface area (Å²) in [6, 6.07) is 5.03. The molecule has 0 amide bonds. The highest BCUT2D eigenvalue weighted by atomic mass is 16.5. The highest BCUT2D eigenvalue weighted by Gasteiger charge is 2.23. The van der Waals surface area contributed by atoms with Crippen molar-refractivity contribution in [2.24, 2.45) is 0 Å². The Morgan fingerprint density at radius 2 is 1.85 bits per heavy atom. The normalized spacial score (nSPS) is 12.1. The number of ether oxygens (including phenoxy) is 3.